The monoisotopic (exact) mass is 424 g/mol. The lowest BCUT2D eigenvalue weighted by Crippen LogP contribution is -2.40. The molecule has 0 bridgehead atoms. The molecule has 1 heterocycles. The molecule has 1 fully saturated rings. The second-order valence-corrected chi connectivity index (χ2v) is 8.09. The molecular weight excluding hydrogens is 404 g/mol. The molecule has 1 aliphatic heterocycles. The van der Waals surface area contributed by atoms with Gasteiger partial charge in [0, 0.05) is 22.2 Å². The fraction of sp³-hybridized carbons (Fsp3) is 0.304. The number of carbonyl (C=O) groups excluding carboxylic acids is 4. The zero-order chi connectivity index (χ0) is 21.3. The number of fused-ring (bicyclic) bond motifs is 1. The fourth-order valence-electron chi connectivity index (χ4n) is 4.10. The van der Waals surface area contributed by atoms with Crippen LogP contribution in [0.4, 0.5) is 0 Å². The Kier molecular flexibility index (Phi) is 5.68. The maximum atomic E-state index is 12.9. The maximum Gasteiger partial charge on any atom is 0.261 e. The molecular formula is C23H21ClN2O4. The predicted molar refractivity (Wildman–Crippen MR) is 112 cm³/mol. The second-order valence-electron chi connectivity index (χ2n) is 7.65. The van der Waals surface area contributed by atoms with E-state index in [0.29, 0.717) is 16.1 Å². The van der Waals surface area contributed by atoms with Crippen LogP contribution in [0.15, 0.2) is 42.5 Å². The molecule has 1 saturated carbocycles. The summed E-state index contributed by atoms with van der Waals surface area (Å²) in [6, 6.07) is 10.9. The number of carbonyl (C=O) groups is 4. The van der Waals surface area contributed by atoms with Gasteiger partial charge in [-0.25, -0.2) is 0 Å². The van der Waals surface area contributed by atoms with Crippen LogP contribution in [-0.2, 0) is 0 Å². The summed E-state index contributed by atoms with van der Waals surface area (Å²) in [5.41, 5.74) is 1.22. The Bertz CT molecular complexity index is 1040. The Morgan fingerprint density at radius 3 is 2.40 bits per heavy atom. The Morgan fingerprint density at radius 1 is 0.933 bits per heavy atom. The normalized spacial score (nSPS) is 16.5. The van der Waals surface area contributed by atoms with Gasteiger partial charge in [0.15, 0.2) is 5.78 Å². The molecule has 6 nitrogen and oxygen atoms in total. The molecule has 2 aromatic rings. The quantitative estimate of drug-likeness (QED) is 0.583. The standard InChI is InChI=1S/C23H21ClN2O4/c24-16-6-4-5-14(11-16)20(27)13-25-21(28)15-9-10-18-19(12-15)23(30)26(22(18)29)17-7-2-1-3-8-17/h4-6,9-12,17H,1-3,7-8,13H2,(H,25,28). The van der Waals surface area contributed by atoms with E-state index in [4.69, 9.17) is 11.6 Å². The van der Waals surface area contributed by atoms with Gasteiger partial charge in [0.25, 0.3) is 17.7 Å². The zero-order valence-electron chi connectivity index (χ0n) is 16.3. The minimum absolute atomic E-state index is 0.0706. The Balaban J connectivity index is 1.46. The minimum Gasteiger partial charge on any atom is -0.345 e. The molecule has 2 aliphatic rings. The van der Waals surface area contributed by atoms with Crippen molar-refractivity contribution in [1.82, 2.24) is 10.2 Å². The van der Waals surface area contributed by atoms with Gasteiger partial charge in [-0.3, -0.25) is 24.1 Å². The molecule has 154 valence electrons. The van der Waals surface area contributed by atoms with Gasteiger partial charge in [-0.1, -0.05) is 43.0 Å². The number of nitrogens with one attached hydrogen (secondary N) is 1. The van der Waals surface area contributed by atoms with Crippen molar-refractivity contribution in [3.8, 4) is 0 Å². The molecule has 7 heteroatoms. The number of amides is 3. The lowest BCUT2D eigenvalue weighted by Gasteiger charge is -2.29. The summed E-state index contributed by atoms with van der Waals surface area (Å²) in [5.74, 6) is -1.39. The number of hydrogen-bond donors (Lipinski definition) is 1. The summed E-state index contributed by atoms with van der Waals surface area (Å²) in [5, 5.41) is 3.01. The van der Waals surface area contributed by atoms with Crippen LogP contribution in [0.2, 0.25) is 5.02 Å². The van der Waals surface area contributed by atoms with Crippen molar-refractivity contribution in [2.75, 3.05) is 6.54 Å². The van der Waals surface area contributed by atoms with Crippen LogP contribution in [0.3, 0.4) is 0 Å². The molecule has 0 saturated heterocycles. The van der Waals surface area contributed by atoms with Gasteiger partial charge in [0.05, 0.1) is 17.7 Å². The van der Waals surface area contributed by atoms with Crippen molar-refractivity contribution in [1.29, 1.82) is 0 Å². The number of Topliss-reactive ketones (excluding diaryl/α,β-unsaturated/α-hetero) is 1. The van der Waals surface area contributed by atoms with Crippen LogP contribution in [0, 0.1) is 0 Å². The molecule has 1 aliphatic carbocycles. The van der Waals surface area contributed by atoms with Crippen molar-refractivity contribution in [3.63, 3.8) is 0 Å². The van der Waals surface area contributed by atoms with Gasteiger partial charge in [-0.15, -0.1) is 0 Å². The van der Waals surface area contributed by atoms with E-state index >= 15 is 0 Å². The fourth-order valence-corrected chi connectivity index (χ4v) is 4.29. The van der Waals surface area contributed by atoms with Crippen molar-refractivity contribution in [2.24, 2.45) is 0 Å². The number of benzene rings is 2. The Hall–Kier alpha value is -2.99. The molecule has 0 radical (unpaired) electrons. The van der Waals surface area contributed by atoms with Gasteiger partial charge in [0.2, 0.25) is 0 Å². The van der Waals surface area contributed by atoms with E-state index in [1.54, 1.807) is 18.2 Å². The van der Waals surface area contributed by atoms with Gasteiger partial charge in [0.1, 0.15) is 0 Å². The van der Waals surface area contributed by atoms with Gasteiger partial charge < -0.3 is 5.32 Å². The first-order valence-electron chi connectivity index (χ1n) is 10.0. The van der Waals surface area contributed by atoms with E-state index in [-0.39, 0.29) is 41.3 Å². The first-order valence-corrected chi connectivity index (χ1v) is 10.4. The van der Waals surface area contributed by atoms with Crippen LogP contribution in [0.1, 0.15) is 73.5 Å². The Labute approximate surface area is 179 Å². The number of nitrogens with zero attached hydrogens (tertiary/aromatic N) is 1. The van der Waals surface area contributed by atoms with Crippen LogP contribution in [-0.4, -0.2) is 41.0 Å². The molecule has 0 spiro atoms. The highest BCUT2D eigenvalue weighted by Gasteiger charge is 2.40. The zero-order valence-corrected chi connectivity index (χ0v) is 17.1. The highest BCUT2D eigenvalue weighted by molar-refractivity contribution is 6.31. The van der Waals surface area contributed by atoms with E-state index in [2.05, 4.69) is 5.32 Å². The van der Waals surface area contributed by atoms with E-state index < -0.39 is 5.91 Å². The lowest BCUT2D eigenvalue weighted by atomic mass is 9.94. The van der Waals surface area contributed by atoms with Crippen LogP contribution in [0.25, 0.3) is 0 Å². The summed E-state index contributed by atoms with van der Waals surface area (Å²) in [4.78, 5) is 51.7. The summed E-state index contributed by atoms with van der Waals surface area (Å²) in [6.07, 6.45) is 4.78. The van der Waals surface area contributed by atoms with Gasteiger partial charge in [-0.2, -0.15) is 0 Å². The third-order valence-corrected chi connectivity index (χ3v) is 5.91. The average Bonchev–Trinajstić information content (AvgIpc) is 3.02. The predicted octanol–water partition coefficient (Wildman–Crippen LogP) is 3.88. The summed E-state index contributed by atoms with van der Waals surface area (Å²) < 4.78 is 0. The third kappa shape index (κ3) is 3.87. The largest absolute Gasteiger partial charge is 0.345 e. The van der Waals surface area contributed by atoms with Gasteiger partial charge in [-0.05, 0) is 43.2 Å². The summed E-state index contributed by atoms with van der Waals surface area (Å²) in [7, 11) is 0. The average molecular weight is 425 g/mol. The lowest BCUT2D eigenvalue weighted by molar-refractivity contribution is 0.0548. The highest BCUT2D eigenvalue weighted by Crippen LogP contribution is 2.31. The first kappa shape index (κ1) is 20.3. The maximum absolute atomic E-state index is 12.9. The third-order valence-electron chi connectivity index (χ3n) is 5.68. The number of ketones is 1. The second kappa shape index (κ2) is 8.40. The minimum atomic E-state index is -0.482. The topological polar surface area (TPSA) is 83.6 Å². The van der Waals surface area contributed by atoms with Crippen LogP contribution in [0.5, 0.6) is 0 Å². The van der Waals surface area contributed by atoms with Crippen molar-refractivity contribution in [3.05, 3.63) is 69.7 Å². The SMILES string of the molecule is O=C(CNC(=O)c1ccc2c(c1)C(=O)N(C1CCCCC1)C2=O)c1cccc(Cl)c1. The first-order chi connectivity index (χ1) is 14.5. The molecule has 1 N–H and O–H groups in total. The number of halogens is 1. The molecule has 30 heavy (non-hydrogen) atoms. The van der Waals surface area contributed by atoms with E-state index in [9.17, 15) is 19.2 Å². The smallest absolute Gasteiger partial charge is 0.261 e. The Morgan fingerprint density at radius 2 is 1.67 bits per heavy atom. The van der Waals surface area contributed by atoms with E-state index in [1.165, 1.54) is 29.2 Å². The van der Waals surface area contributed by atoms with Gasteiger partial charge >= 0.3 is 0 Å². The number of rotatable bonds is 5. The summed E-state index contributed by atoms with van der Waals surface area (Å²) >= 11 is 5.89. The van der Waals surface area contributed by atoms with Crippen LogP contribution < -0.4 is 5.32 Å². The number of imide groups is 1. The highest BCUT2D eigenvalue weighted by atomic mass is 35.5. The van der Waals surface area contributed by atoms with Crippen molar-refractivity contribution in [2.45, 2.75) is 38.1 Å². The summed E-state index contributed by atoms with van der Waals surface area (Å²) in [6.45, 7) is -0.197. The molecule has 2 aromatic carbocycles. The van der Waals surface area contributed by atoms with Crippen molar-refractivity contribution >= 4 is 35.1 Å². The molecule has 0 unspecified atom stereocenters. The molecule has 4 rings (SSSR count). The van der Waals surface area contributed by atoms with Crippen molar-refractivity contribution < 1.29 is 19.2 Å². The molecule has 0 atom stereocenters. The van der Waals surface area contributed by atoms with E-state index in [1.807, 2.05) is 0 Å². The van der Waals surface area contributed by atoms with Crippen LogP contribution >= 0.6 is 11.6 Å². The molecule has 3 amide bonds. The van der Waals surface area contributed by atoms with E-state index in [0.717, 1.165) is 32.1 Å². The molecule has 0 aromatic heterocycles. The number of hydrogen-bond acceptors (Lipinski definition) is 4.